The summed E-state index contributed by atoms with van der Waals surface area (Å²) in [4.78, 5) is 11.9. The Bertz CT molecular complexity index is 527. The van der Waals surface area contributed by atoms with E-state index in [9.17, 15) is 4.79 Å². The van der Waals surface area contributed by atoms with Crippen molar-refractivity contribution in [1.82, 2.24) is 0 Å². The van der Waals surface area contributed by atoms with Gasteiger partial charge in [-0.25, -0.2) is 4.79 Å². The van der Waals surface area contributed by atoms with E-state index in [1.54, 1.807) is 6.07 Å². The molecule has 0 bridgehead atoms. The largest absolute Gasteiger partial charge is 0.493 e. The highest BCUT2D eigenvalue weighted by atomic mass is 16.5. The maximum absolute atomic E-state index is 11.9. The molecule has 1 aromatic rings. The van der Waals surface area contributed by atoms with Crippen LogP contribution in [0.25, 0.3) is 0 Å². The summed E-state index contributed by atoms with van der Waals surface area (Å²) in [5.41, 5.74) is 0.524. The third kappa shape index (κ3) is 13.7. The SMILES string of the molecule is CCCCCCCCCCCCCCCCCCOc1ccccc1C(=O)OCC. The van der Waals surface area contributed by atoms with Crippen molar-refractivity contribution < 1.29 is 14.3 Å². The second kappa shape index (κ2) is 19.5. The van der Waals surface area contributed by atoms with E-state index in [-0.39, 0.29) is 5.97 Å². The number of rotatable bonds is 20. The number of para-hydroxylation sites is 1. The maximum Gasteiger partial charge on any atom is 0.341 e. The molecule has 0 atom stereocenters. The van der Waals surface area contributed by atoms with Gasteiger partial charge in [0.25, 0.3) is 0 Å². The molecule has 0 saturated carbocycles. The third-order valence-corrected chi connectivity index (χ3v) is 5.64. The van der Waals surface area contributed by atoms with E-state index in [1.165, 1.54) is 96.3 Å². The van der Waals surface area contributed by atoms with Gasteiger partial charge in [0.05, 0.1) is 13.2 Å². The van der Waals surface area contributed by atoms with Crippen LogP contribution in [0, 0.1) is 0 Å². The Hall–Kier alpha value is -1.51. The Kier molecular flexibility index (Phi) is 17.2. The van der Waals surface area contributed by atoms with Crippen molar-refractivity contribution >= 4 is 5.97 Å². The summed E-state index contributed by atoms with van der Waals surface area (Å²) in [6.07, 6.45) is 21.8. The first-order valence-electron chi connectivity index (χ1n) is 12.7. The van der Waals surface area contributed by atoms with Crippen LogP contribution in [0.15, 0.2) is 24.3 Å². The molecule has 0 aliphatic carbocycles. The topological polar surface area (TPSA) is 35.5 Å². The molecule has 0 aliphatic heterocycles. The summed E-state index contributed by atoms with van der Waals surface area (Å²) in [5.74, 6) is 0.331. The minimum atomic E-state index is -0.305. The summed E-state index contributed by atoms with van der Waals surface area (Å²) in [5, 5.41) is 0. The molecule has 3 heteroatoms. The second-order valence-corrected chi connectivity index (χ2v) is 8.37. The average molecular weight is 419 g/mol. The predicted molar refractivity (Wildman–Crippen MR) is 127 cm³/mol. The lowest BCUT2D eigenvalue weighted by atomic mass is 10.0. The molecule has 3 nitrogen and oxygen atoms in total. The van der Waals surface area contributed by atoms with Crippen LogP contribution in [0.3, 0.4) is 0 Å². The lowest BCUT2D eigenvalue weighted by Crippen LogP contribution is -2.08. The normalized spacial score (nSPS) is 10.9. The van der Waals surface area contributed by atoms with Crippen molar-refractivity contribution in [1.29, 1.82) is 0 Å². The number of hydrogen-bond acceptors (Lipinski definition) is 3. The highest BCUT2D eigenvalue weighted by Gasteiger charge is 2.12. The van der Waals surface area contributed by atoms with Gasteiger partial charge in [0.1, 0.15) is 11.3 Å². The quantitative estimate of drug-likeness (QED) is 0.157. The third-order valence-electron chi connectivity index (χ3n) is 5.64. The van der Waals surface area contributed by atoms with Gasteiger partial charge in [0.2, 0.25) is 0 Å². The molecule has 0 aliphatic rings. The first-order chi connectivity index (χ1) is 14.8. The van der Waals surface area contributed by atoms with Gasteiger partial charge in [-0.2, -0.15) is 0 Å². The standard InChI is InChI=1S/C27H46O3/c1-3-5-6-7-8-9-10-11-12-13-14-15-16-17-18-21-24-30-26-23-20-19-22-25(26)27(28)29-4-2/h19-20,22-23H,3-18,21,24H2,1-2H3. The van der Waals surface area contributed by atoms with Gasteiger partial charge in [0, 0.05) is 0 Å². The highest BCUT2D eigenvalue weighted by molar-refractivity contribution is 5.92. The molecule has 0 spiro atoms. The van der Waals surface area contributed by atoms with Crippen LogP contribution in [0.1, 0.15) is 127 Å². The lowest BCUT2D eigenvalue weighted by Gasteiger charge is -2.10. The Morgan fingerprint density at radius 2 is 1.13 bits per heavy atom. The van der Waals surface area contributed by atoms with E-state index in [4.69, 9.17) is 9.47 Å². The van der Waals surface area contributed by atoms with Crippen molar-refractivity contribution in [3.05, 3.63) is 29.8 Å². The van der Waals surface area contributed by atoms with Crippen LogP contribution in [0.2, 0.25) is 0 Å². The van der Waals surface area contributed by atoms with Gasteiger partial charge in [-0.1, -0.05) is 115 Å². The molecule has 1 aromatic carbocycles. The Morgan fingerprint density at radius 1 is 0.667 bits per heavy atom. The van der Waals surface area contributed by atoms with E-state index in [1.807, 2.05) is 25.1 Å². The zero-order chi connectivity index (χ0) is 21.7. The summed E-state index contributed by atoms with van der Waals surface area (Å²) >= 11 is 0. The Labute approximate surface area is 185 Å². The fourth-order valence-corrected chi connectivity index (χ4v) is 3.80. The number of carbonyl (C=O) groups is 1. The molecule has 0 radical (unpaired) electrons. The minimum Gasteiger partial charge on any atom is -0.493 e. The van der Waals surface area contributed by atoms with Crippen LogP contribution >= 0.6 is 0 Å². The summed E-state index contributed by atoms with van der Waals surface area (Å²) in [7, 11) is 0. The molecule has 0 fully saturated rings. The van der Waals surface area contributed by atoms with Crippen molar-refractivity contribution in [3.8, 4) is 5.75 Å². The molecule has 0 aromatic heterocycles. The predicted octanol–water partition coefficient (Wildman–Crippen LogP) is 8.50. The summed E-state index contributed by atoms with van der Waals surface area (Å²) in [6.45, 7) is 5.14. The number of benzene rings is 1. The molecule has 30 heavy (non-hydrogen) atoms. The Balaban J connectivity index is 1.90. The number of esters is 1. The van der Waals surface area contributed by atoms with E-state index < -0.39 is 0 Å². The van der Waals surface area contributed by atoms with E-state index >= 15 is 0 Å². The van der Waals surface area contributed by atoms with E-state index in [0.29, 0.717) is 24.5 Å². The van der Waals surface area contributed by atoms with Gasteiger partial charge in [-0.15, -0.1) is 0 Å². The molecule has 0 N–H and O–H groups in total. The Morgan fingerprint density at radius 3 is 1.63 bits per heavy atom. The summed E-state index contributed by atoms with van der Waals surface area (Å²) < 4.78 is 10.9. The highest BCUT2D eigenvalue weighted by Crippen LogP contribution is 2.20. The fraction of sp³-hybridized carbons (Fsp3) is 0.741. The zero-order valence-corrected chi connectivity index (χ0v) is 19.8. The van der Waals surface area contributed by atoms with E-state index in [0.717, 1.165) is 6.42 Å². The number of unbranched alkanes of at least 4 members (excludes halogenated alkanes) is 15. The molecular weight excluding hydrogens is 372 g/mol. The van der Waals surface area contributed by atoms with Crippen LogP contribution in [-0.4, -0.2) is 19.2 Å². The van der Waals surface area contributed by atoms with E-state index in [2.05, 4.69) is 6.92 Å². The minimum absolute atomic E-state index is 0.305. The van der Waals surface area contributed by atoms with Crippen molar-refractivity contribution in [2.45, 2.75) is 117 Å². The monoisotopic (exact) mass is 418 g/mol. The van der Waals surface area contributed by atoms with Crippen LogP contribution < -0.4 is 4.74 Å². The van der Waals surface area contributed by atoms with Gasteiger partial charge in [-0.3, -0.25) is 0 Å². The fourth-order valence-electron chi connectivity index (χ4n) is 3.80. The molecule has 0 heterocycles. The first-order valence-corrected chi connectivity index (χ1v) is 12.7. The number of carbonyl (C=O) groups excluding carboxylic acids is 1. The molecule has 1 rings (SSSR count). The van der Waals surface area contributed by atoms with Gasteiger partial charge in [0.15, 0.2) is 0 Å². The molecular formula is C27H46O3. The maximum atomic E-state index is 11.9. The van der Waals surface area contributed by atoms with Gasteiger partial charge >= 0.3 is 5.97 Å². The second-order valence-electron chi connectivity index (χ2n) is 8.37. The van der Waals surface area contributed by atoms with Gasteiger partial charge < -0.3 is 9.47 Å². The van der Waals surface area contributed by atoms with Crippen LogP contribution in [-0.2, 0) is 4.74 Å². The van der Waals surface area contributed by atoms with Crippen LogP contribution in [0.4, 0.5) is 0 Å². The smallest absolute Gasteiger partial charge is 0.341 e. The molecule has 0 amide bonds. The lowest BCUT2D eigenvalue weighted by molar-refractivity contribution is 0.0521. The van der Waals surface area contributed by atoms with Crippen LogP contribution in [0.5, 0.6) is 5.75 Å². The molecule has 172 valence electrons. The van der Waals surface area contributed by atoms with Gasteiger partial charge in [-0.05, 0) is 25.5 Å². The van der Waals surface area contributed by atoms with Crippen molar-refractivity contribution in [2.24, 2.45) is 0 Å². The average Bonchev–Trinajstić information content (AvgIpc) is 2.76. The zero-order valence-electron chi connectivity index (χ0n) is 19.8. The molecule has 0 saturated heterocycles. The number of hydrogen-bond donors (Lipinski definition) is 0. The number of ether oxygens (including phenoxy) is 2. The first kappa shape index (κ1) is 26.5. The van der Waals surface area contributed by atoms with Crippen molar-refractivity contribution in [2.75, 3.05) is 13.2 Å². The molecule has 0 unspecified atom stereocenters. The van der Waals surface area contributed by atoms with Crippen molar-refractivity contribution in [3.63, 3.8) is 0 Å². The summed E-state index contributed by atoms with van der Waals surface area (Å²) in [6, 6.07) is 7.35.